The number of fused-ring (bicyclic) bond motifs is 1. The van der Waals surface area contributed by atoms with Gasteiger partial charge < -0.3 is 10.3 Å². The number of imidazole rings is 1. The second-order valence-corrected chi connectivity index (χ2v) is 7.08. The monoisotopic (exact) mass is 335 g/mol. The second-order valence-electron chi connectivity index (χ2n) is 4.59. The van der Waals surface area contributed by atoms with Gasteiger partial charge in [0, 0.05) is 10.9 Å². The molecule has 0 aliphatic heterocycles. The molecule has 3 rings (SSSR count). The van der Waals surface area contributed by atoms with Crippen LogP contribution in [0.3, 0.4) is 0 Å². The van der Waals surface area contributed by atoms with Gasteiger partial charge in [-0.3, -0.25) is 0 Å². The fourth-order valence-corrected chi connectivity index (χ4v) is 3.98. The molecule has 2 unspecified atom stereocenters. The van der Waals surface area contributed by atoms with E-state index in [4.69, 9.17) is 5.73 Å². The Hall–Kier alpha value is -1.17. The number of benzene rings is 1. The average Bonchev–Trinajstić information content (AvgIpc) is 2.98. The molecule has 0 bridgehead atoms. The van der Waals surface area contributed by atoms with E-state index in [0.717, 1.165) is 14.8 Å². The summed E-state index contributed by atoms with van der Waals surface area (Å²) in [6.45, 7) is 2.03. The number of thiophene rings is 1. The maximum absolute atomic E-state index is 6.20. The number of para-hydroxylation sites is 2. The Morgan fingerprint density at radius 2 is 2.05 bits per heavy atom. The van der Waals surface area contributed by atoms with E-state index >= 15 is 0 Å². The van der Waals surface area contributed by atoms with E-state index in [1.54, 1.807) is 11.3 Å². The molecule has 98 valence electrons. The molecule has 2 heterocycles. The van der Waals surface area contributed by atoms with Gasteiger partial charge in [-0.1, -0.05) is 12.1 Å². The Balaban J connectivity index is 2.15. The zero-order valence-corrected chi connectivity index (χ0v) is 12.9. The summed E-state index contributed by atoms with van der Waals surface area (Å²) in [5.41, 5.74) is 8.33. The molecule has 2 atom stereocenters. The zero-order valence-electron chi connectivity index (χ0n) is 10.5. The first-order valence-corrected chi connectivity index (χ1v) is 7.70. The summed E-state index contributed by atoms with van der Waals surface area (Å²) in [5.74, 6) is 0. The fourth-order valence-electron chi connectivity index (χ4n) is 2.34. The molecule has 2 aromatic heterocycles. The van der Waals surface area contributed by atoms with Crippen LogP contribution < -0.4 is 5.73 Å². The highest BCUT2D eigenvalue weighted by molar-refractivity contribution is 9.11. The summed E-state index contributed by atoms with van der Waals surface area (Å²) in [6, 6.07) is 12.5. The Labute approximate surface area is 124 Å². The molecule has 3 aromatic rings. The summed E-state index contributed by atoms with van der Waals surface area (Å²) in [6.07, 6.45) is 1.88. The number of aromatic nitrogens is 2. The Bertz CT molecular complexity index is 701. The molecule has 3 nitrogen and oxygen atoms in total. The maximum Gasteiger partial charge on any atom is 0.0964 e. The Kier molecular flexibility index (Phi) is 3.43. The second kappa shape index (κ2) is 5.07. The van der Waals surface area contributed by atoms with Crippen LogP contribution in [-0.4, -0.2) is 15.6 Å². The molecule has 0 saturated heterocycles. The maximum atomic E-state index is 6.20. The lowest BCUT2D eigenvalue weighted by molar-refractivity contribution is 0.514. The predicted octanol–water partition coefficient (Wildman–Crippen LogP) is 3.80. The van der Waals surface area contributed by atoms with Gasteiger partial charge in [0.15, 0.2) is 0 Å². The van der Waals surface area contributed by atoms with Gasteiger partial charge in [0.2, 0.25) is 0 Å². The third-order valence-corrected chi connectivity index (χ3v) is 4.86. The van der Waals surface area contributed by atoms with Gasteiger partial charge in [-0.25, -0.2) is 4.98 Å². The van der Waals surface area contributed by atoms with Crippen LogP contribution in [0.25, 0.3) is 11.0 Å². The van der Waals surface area contributed by atoms with Crippen molar-refractivity contribution < 1.29 is 0 Å². The van der Waals surface area contributed by atoms with E-state index in [0.29, 0.717) is 0 Å². The quantitative estimate of drug-likeness (QED) is 0.791. The van der Waals surface area contributed by atoms with Crippen molar-refractivity contribution in [3.8, 4) is 0 Å². The largest absolute Gasteiger partial charge is 0.326 e. The smallest absolute Gasteiger partial charge is 0.0964 e. The first kappa shape index (κ1) is 12.8. The highest BCUT2D eigenvalue weighted by Crippen LogP contribution is 2.32. The van der Waals surface area contributed by atoms with Crippen molar-refractivity contribution in [1.29, 1.82) is 0 Å². The normalized spacial score (nSPS) is 14.7. The molecule has 0 spiro atoms. The van der Waals surface area contributed by atoms with Gasteiger partial charge >= 0.3 is 0 Å². The van der Waals surface area contributed by atoms with Crippen molar-refractivity contribution >= 4 is 38.3 Å². The summed E-state index contributed by atoms with van der Waals surface area (Å²) < 4.78 is 3.29. The number of rotatable bonds is 3. The highest BCUT2D eigenvalue weighted by Gasteiger charge is 2.21. The minimum Gasteiger partial charge on any atom is -0.326 e. The number of halogens is 1. The van der Waals surface area contributed by atoms with Crippen LogP contribution >= 0.6 is 27.3 Å². The summed E-state index contributed by atoms with van der Waals surface area (Å²) in [4.78, 5) is 5.70. The van der Waals surface area contributed by atoms with Gasteiger partial charge in [-0.15, -0.1) is 11.3 Å². The van der Waals surface area contributed by atoms with Gasteiger partial charge in [0.05, 0.1) is 27.2 Å². The third kappa shape index (κ3) is 2.33. The van der Waals surface area contributed by atoms with Crippen LogP contribution in [0.15, 0.2) is 46.5 Å². The van der Waals surface area contributed by atoms with E-state index in [1.807, 2.05) is 31.5 Å². The van der Waals surface area contributed by atoms with Gasteiger partial charge in [-0.05, 0) is 47.1 Å². The molecule has 19 heavy (non-hydrogen) atoms. The molecule has 0 saturated carbocycles. The van der Waals surface area contributed by atoms with E-state index in [2.05, 4.69) is 43.7 Å². The third-order valence-electron chi connectivity index (χ3n) is 3.16. The van der Waals surface area contributed by atoms with E-state index in [-0.39, 0.29) is 12.1 Å². The zero-order chi connectivity index (χ0) is 13.4. The van der Waals surface area contributed by atoms with Crippen LogP contribution in [0.2, 0.25) is 0 Å². The topological polar surface area (TPSA) is 43.8 Å². The summed E-state index contributed by atoms with van der Waals surface area (Å²) in [7, 11) is 0. The van der Waals surface area contributed by atoms with Crippen molar-refractivity contribution in [3.63, 3.8) is 0 Å². The Morgan fingerprint density at radius 1 is 1.26 bits per heavy atom. The van der Waals surface area contributed by atoms with Crippen LogP contribution in [0.5, 0.6) is 0 Å². The minimum atomic E-state index is 0.0168. The number of nitrogens with two attached hydrogens (primary N) is 1. The molecule has 0 fully saturated rings. The molecular formula is C14H14BrN3S. The van der Waals surface area contributed by atoms with Crippen LogP contribution in [0.4, 0.5) is 0 Å². The predicted molar refractivity (Wildman–Crippen MR) is 83.5 cm³/mol. The lowest BCUT2D eigenvalue weighted by atomic mass is 10.1. The molecule has 5 heteroatoms. The van der Waals surface area contributed by atoms with Crippen LogP contribution in [0, 0.1) is 0 Å². The SMILES string of the molecule is CC(N)C(c1ccc(Br)s1)n1cnc2ccccc21. The van der Waals surface area contributed by atoms with E-state index < -0.39 is 0 Å². The lowest BCUT2D eigenvalue weighted by Crippen LogP contribution is -2.29. The molecule has 0 aliphatic carbocycles. The number of nitrogens with zero attached hydrogens (tertiary/aromatic N) is 2. The Morgan fingerprint density at radius 3 is 2.74 bits per heavy atom. The fraction of sp³-hybridized carbons (Fsp3) is 0.214. The average molecular weight is 336 g/mol. The van der Waals surface area contributed by atoms with Gasteiger partial charge in [0.1, 0.15) is 0 Å². The van der Waals surface area contributed by atoms with Crippen molar-refractivity contribution in [3.05, 3.63) is 51.4 Å². The van der Waals surface area contributed by atoms with E-state index in [9.17, 15) is 0 Å². The molecule has 2 N–H and O–H groups in total. The van der Waals surface area contributed by atoms with Crippen molar-refractivity contribution in [2.24, 2.45) is 5.73 Å². The minimum absolute atomic E-state index is 0.0168. The van der Waals surface area contributed by atoms with Gasteiger partial charge in [-0.2, -0.15) is 0 Å². The molecule has 1 aromatic carbocycles. The first-order chi connectivity index (χ1) is 9.16. The molecule has 0 aliphatic rings. The molecular weight excluding hydrogens is 322 g/mol. The van der Waals surface area contributed by atoms with Crippen molar-refractivity contribution in [2.75, 3.05) is 0 Å². The van der Waals surface area contributed by atoms with Crippen LogP contribution in [-0.2, 0) is 0 Å². The van der Waals surface area contributed by atoms with Crippen LogP contribution in [0.1, 0.15) is 17.8 Å². The lowest BCUT2D eigenvalue weighted by Gasteiger charge is -2.22. The van der Waals surface area contributed by atoms with Crippen molar-refractivity contribution in [1.82, 2.24) is 9.55 Å². The van der Waals surface area contributed by atoms with Crippen molar-refractivity contribution in [2.45, 2.75) is 19.0 Å². The summed E-state index contributed by atoms with van der Waals surface area (Å²) >= 11 is 5.23. The number of hydrogen-bond donors (Lipinski definition) is 1. The van der Waals surface area contributed by atoms with Gasteiger partial charge in [0.25, 0.3) is 0 Å². The first-order valence-electron chi connectivity index (χ1n) is 6.09. The number of hydrogen-bond acceptors (Lipinski definition) is 3. The standard InChI is InChI=1S/C14H14BrN3S/c1-9(16)14(12-6-7-13(15)19-12)18-8-17-10-4-2-3-5-11(10)18/h2-9,14H,16H2,1H3. The van der Waals surface area contributed by atoms with E-state index in [1.165, 1.54) is 4.88 Å². The molecule has 0 radical (unpaired) electrons. The summed E-state index contributed by atoms with van der Waals surface area (Å²) in [5, 5.41) is 0. The highest BCUT2D eigenvalue weighted by atomic mass is 79.9. The molecule has 0 amide bonds.